The summed E-state index contributed by atoms with van der Waals surface area (Å²) < 4.78 is 0. The van der Waals surface area contributed by atoms with Crippen LogP contribution in [-0.4, -0.2) is 12.5 Å². The maximum atomic E-state index is 12.6. The molecule has 1 aromatic rings. The fourth-order valence-electron chi connectivity index (χ4n) is 3.46. The summed E-state index contributed by atoms with van der Waals surface area (Å²) in [7, 11) is 0. The zero-order chi connectivity index (χ0) is 12.5. The number of para-hydroxylation sites is 1. The summed E-state index contributed by atoms with van der Waals surface area (Å²) >= 11 is 0. The van der Waals surface area contributed by atoms with Gasteiger partial charge < -0.3 is 4.90 Å². The van der Waals surface area contributed by atoms with E-state index in [1.807, 2.05) is 0 Å². The largest absolute Gasteiger partial charge is 0.312 e. The van der Waals surface area contributed by atoms with Gasteiger partial charge in [-0.05, 0) is 43.7 Å². The number of carbonyl (C=O) groups excluding carboxylic acids is 1. The molecule has 0 spiro atoms. The molecular weight excluding hydrogens is 222 g/mol. The van der Waals surface area contributed by atoms with Crippen LogP contribution in [0.15, 0.2) is 18.2 Å². The summed E-state index contributed by atoms with van der Waals surface area (Å²) in [4.78, 5) is 14.7. The molecule has 1 heterocycles. The van der Waals surface area contributed by atoms with Crippen LogP contribution in [0, 0.1) is 12.8 Å². The van der Waals surface area contributed by atoms with Crippen LogP contribution < -0.4 is 4.90 Å². The Morgan fingerprint density at radius 2 is 2.00 bits per heavy atom. The second kappa shape index (κ2) is 4.75. The zero-order valence-electron chi connectivity index (χ0n) is 11.1. The molecule has 0 aromatic heterocycles. The van der Waals surface area contributed by atoms with E-state index in [2.05, 4.69) is 30.0 Å². The van der Waals surface area contributed by atoms with Crippen molar-refractivity contribution in [1.82, 2.24) is 0 Å². The Kier molecular flexibility index (Phi) is 3.11. The molecule has 0 bridgehead atoms. The molecule has 0 saturated heterocycles. The summed E-state index contributed by atoms with van der Waals surface area (Å²) in [5, 5.41) is 0. The predicted molar refractivity (Wildman–Crippen MR) is 73.8 cm³/mol. The minimum absolute atomic E-state index is 0.288. The maximum Gasteiger partial charge on any atom is 0.230 e. The first-order chi connectivity index (χ1) is 8.77. The highest BCUT2D eigenvalue weighted by atomic mass is 16.2. The SMILES string of the molecule is Cc1cccc2c1N(C(=O)C1CCCC1)CCC2. The van der Waals surface area contributed by atoms with E-state index in [-0.39, 0.29) is 5.92 Å². The number of fused-ring (bicyclic) bond motifs is 1. The molecule has 1 fully saturated rings. The summed E-state index contributed by atoms with van der Waals surface area (Å²) in [5.41, 5.74) is 3.81. The van der Waals surface area contributed by atoms with Crippen molar-refractivity contribution in [1.29, 1.82) is 0 Å². The molecule has 1 aliphatic heterocycles. The van der Waals surface area contributed by atoms with Crippen molar-refractivity contribution in [2.45, 2.75) is 45.4 Å². The Morgan fingerprint density at radius 3 is 2.78 bits per heavy atom. The Labute approximate surface area is 109 Å². The Hall–Kier alpha value is -1.31. The molecule has 96 valence electrons. The van der Waals surface area contributed by atoms with Crippen molar-refractivity contribution < 1.29 is 4.79 Å². The average molecular weight is 243 g/mol. The molecular formula is C16H21NO. The molecule has 2 aliphatic rings. The fraction of sp³-hybridized carbons (Fsp3) is 0.562. The predicted octanol–water partition coefficient (Wildman–Crippen LogP) is 3.46. The van der Waals surface area contributed by atoms with E-state index in [9.17, 15) is 4.79 Å². The van der Waals surface area contributed by atoms with Crippen LogP contribution in [0.1, 0.15) is 43.2 Å². The van der Waals surface area contributed by atoms with E-state index < -0.39 is 0 Å². The quantitative estimate of drug-likeness (QED) is 0.739. The first kappa shape index (κ1) is 11.8. The number of amides is 1. The normalized spacial score (nSPS) is 19.9. The van der Waals surface area contributed by atoms with Gasteiger partial charge in [-0.1, -0.05) is 31.0 Å². The Balaban J connectivity index is 1.93. The van der Waals surface area contributed by atoms with Gasteiger partial charge in [0.05, 0.1) is 0 Å². The van der Waals surface area contributed by atoms with E-state index in [0.717, 1.165) is 32.2 Å². The van der Waals surface area contributed by atoms with Crippen LogP contribution in [0.5, 0.6) is 0 Å². The lowest BCUT2D eigenvalue weighted by atomic mass is 9.96. The molecule has 1 amide bonds. The van der Waals surface area contributed by atoms with E-state index in [4.69, 9.17) is 0 Å². The summed E-state index contributed by atoms with van der Waals surface area (Å²) in [6.45, 7) is 3.03. The van der Waals surface area contributed by atoms with Gasteiger partial charge in [0.1, 0.15) is 0 Å². The van der Waals surface area contributed by atoms with Gasteiger partial charge in [-0.15, -0.1) is 0 Å². The number of carbonyl (C=O) groups is 1. The van der Waals surface area contributed by atoms with Gasteiger partial charge in [0.15, 0.2) is 0 Å². The number of rotatable bonds is 1. The number of nitrogens with zero attached hydrogens (tertiary/aromatic N) is 1. The van der Waals surface area contributed by atoms with Crippen molar-refractivity contribution in [3.05, 3.63) is 29.3 Å². The van der Waals surface area contributed by atoms with Crippen molar-refractivity contribution in [2.75, 3.05) is 11.4 Å². The first-order valence-electron chi connectivity index (χ1n) is 7.17. The highest BCUT2D eigenvalue weighted by molar-refractivity contribution is 5.97. The standard InChI is InChI=1S/C16H21NO/c1-12-6-4-9-13-10-5-11-17(15(12)13)16(18)14-7-2-3-8-14/h4,6,9,14H,2-3,5,7-8,10-11H2,1H3. The molecule has 1 saturated carbocycles. The monoisotopic (exact) mass is 243 g/mol. The third-order valence-corrected chi connectivity index (χ3v) is 4.39. The highest BCUT2D eigenvalue weighted by Gasteiger charge is 2.31. The average Bonchev–Trinajstić information content (AvgIpc) is 2.91. The third-order valence-electron chi connectivity index (χ3n) is 4.39. The molecule has 0 unspecified atom stereocenters. The minimum atomic E-state index is 0.288. The smallest absolute Gasteiger partial charge is 0.230 e. The van der Waals surface area contributed by atoms with Gasteiger partial charge in [0.2, 0.25) is 5.91 Å². The van der Waals surface area contributed by atoms with Gasteiger partial charge in [-0.25, -0.2) is 0 Å². The minimum Gasteiger partial charge on any atom is -0.312 e. The second-order valence-electron chi connectivity index (χ2n) is 5.66. The lowest BCUT2D eigenvalue weighted by molar-refractivity contribution is -0.122. The highest BCUT2D eigenvalue weighted by Crippen LogP contribution is 2.34. The third kappa shape index (κ3) is 1.94. The molecule has 1 aliphatic carbocycles. The molecule has 2 nitrogen and oxygen atoms in total. The summed E-state index contributed by atoms with van der Waals surface area (Å²) in [6, 6.07) is 6.41. The molecule has 0 atom stereocenters. The summed E-state index contributed by atoms with van der Waals surface area (Å²) in [5.74, 6) is 0.665. The lowest BCUT2D eigenvalue weighted by Crippen LogP contribution is -2.39. The molecule has 18 heavy (non-hydrogen) atoms. The van der Waals surface area contributed by atoms with Crippen LogP contribution in [0.4, 0.5) is 5.69 Å². The van der Waals surface area contributed by atoms with Gasteiger partial charge in [-0.2, -0.15) is 0 Å². The number of hydrogen-bond acceptors (Lipinski definition) is 1. The van der Waals surface area contributed by atoms with Crippen molar-refractivity contribution in [2.24, 2.45) is 5.92 Å². The second-order valence-corrected chi connectivity index (χ2v) is 5.66. The molecule has 0 radical (unpaired) electrons. The number of aryl methyl sites for hydroxylation is 2. The lowest BCUT2D eigenvalue weighted by Gasteiger charge is -2.32. The first-order valence-corrected chi connectivity index (χ1v) is 7.17. The molecule has 0 N–H and O–H groups in total. The maximum absolute atomic E-state index is 12.6. The van der Waals surface area contributed by atoms with Crippen molar-refractivity contribution >= 4 is 11.6 Å². The fourth-order valence-corrected chi connectivity index (χ4v) is 3.46. The van der Waals surface area contributed by atoms with E-state index in [1.165, 1.54) is 29.7 Å². The van der Waals surface area contributed by atoms with Crippen molar-refractivity contribution in [3.8, 4) is 0 Å². The van der Waals surface area contributed by atoms with Crippen LogP contribution in [-0.2, 0) is 11.2 Å². The van der Waals surface area contributed by atoms with Crippen molar-refractivity contribution in [3.63, 3.8) is 0 Å². The van der Waals surface area contributed by atoms with Crippen LogP contribution in [0.25, 0.3) is 0 Å². The molecule has 3 rings (SSSR count). The van der Waals surface area contributed by atoms with E-state index in [1.54, 1.807) is 0 Å². The number of benzene rings is 1. The molecule has 1 aromatic carbocycles. The van der Waals surface area contributed by atoms with Gasteiger partial charge in [0, 0.05) is 18.2 Å². The van der Waals surface area contributed by atoms with Crippen LogP contribution in [0.2, 0.25) is 0 Å². The van der Waals surface area contributed by atoms with Gasteiger partial charge >= 0.3 is 0 Å². The van der Waals surface area contributed by atoms with Gasteiger partial charge in [-0.3, -0.25) is 4.79 Å². The van der Waals surface area contributed by atoms with Crippen LogP contribution in [0.3, 0.4) is 0 Å². The summed E-state index contributed by atoms with van der Waals surface area (Å²) in [6.07, 6.45) is 6.86. The zero-order valence-corrected chi connectivity index (χ0v) is 11.1. The topological polar surface area (TPSA) is 20.3 Å². The number of anilines is 1. The molecule has 2 heteroatoms. The Morgan fingerprint density at radius 1 is 1.22 bits per heavy atom. The van der Waals surface area contributed by atoms with Gasteiger partial charge in [0.25, 0.3) is 0 Å². The van der Waals surface area contributed by atoms with E-state index >= 15 is 0 Å². The van der Waals surface area contributed by atoms with E-state index in [0.29, 0.717) is 5.91 Å². The number of hydrogen-bond donors (Lipinski definition) is 0. The Bertz CT molecular complexity index is 460. The van der Waals surface area contributed by atoms with Crippen LogP contribution >= 0.6 is 0 Å².